The number of nitrogens with zero attached hydrogens (tertiary/aromatic N) is 1. The van der Waals surface area contributed by atoms with Gasteiger partial charge >= 0.3 is 5.97 Å². The van der Waals surface area contributed by atoms with E-state index in [9.17, 15) is 9.59 Å². The van der Waals surface area contributed by atoms with Crippen LogP contribution in [0.5, 0.6) is 5.75 Å². The van der Waals surface area contributed by atoms with E-state index in [1.165, 1.54) is 0 Å². The fourth-order valence-corrected chi connectivity index (χ4v) is 3.08. The van der Waals surface area contributed by atoms with E-state index in [0.717, 1.165) is 24.0 Å². The molecule has 0 spiro atoms. The molecule has 0 unspecified atom stereocenters. The highest BCUT2D eigenvalue weighted by Gasteiger charge is 2.25. The fourth-order valence-electron chi connectivity index (χ4n) is 2.81. The van der Waals surface area contributed by atoms with Crippen LogP contribution in [0.1, 0.15) is 20.3 Å². The van der Waals surface area contributed by atoms with Gasteiger partial charge in [-0.1, -0.05) is 29.8 Å². The summed E-state index contributed by atoms with van der Waals surface area (Å²) in [6.45, 7) is 5.30. The number of hydrogen-bond acceptors (Lipinski definition) is 4. The lowest BCUT2D eigenvalue weighted by Gasteiger charge is -2.34. The molecule has 1 heterocycles. The van der Waals surface area contributed by atoms with Gasteiger partial charge in [0.15, 0.2) is 13.2 Å². The number of benzene rings is 1. The first kappa shape index (κ1) is 17.8. The molecule has 5 nitrogen and oxygen atoms in total. The Morgan fingerprint density at radius 2 is 1.74 bits per heavy atom. The summed E-state index contributed by atoms with van der Waals surface area (Å²) in [5.41, 5.74) is 0. The summed E-state index contributed by atoms with van der Waals surface area (Å²) in [6.07, 6.45) is 1.13. The Balaban J connectivity index is 1.71. The largest absolute Gasteiger partial charge is 0.482 e. The van der Waals surface area contributed by atoms with E-state index in [4.69, 9.17) is 9.47 Å². The minimum atomic E-state index is -0.542. The van der Waals surface area contributed by atoms with Crippen LogP contribution < -0.4 is 4.74 Å². The number of carbonyl (C=O) groups excluding carboxylic acids is 2. The Morgan fingerprint density at radius 1 is 1.13 bits per heavy atom. The molecule has 1 aromatic carbocycles. The van der Waals surface area contributed by atoms with Gasteiger partial charge in [0.2, 0.25) is 0 Å². The van der Waals surface area contributed by atoms with E-state index in [2.05, 4.69) is 29.8 Å². The molecule has 1 aliphatic heterocycles. The van der Waals surface area contributed by atoms with Gasteiger partial charge in [0.05, 0.1) is 0 Å². The van der Waals surface area contributed by atoms with Gasteiger partial charge in [-0.15, -0.1) is 0 Å². The minimum Gasteiger partial charge on any atom is -0.482 e. The summed E-state index contributed by atoms with van der Waals surface area (Å²) >= 11 is 3.32. The monoisotopic (exact) mass is 383 g/mol. The SMILES string of the molecule is C[C@@H]1C[C@@H](C)CN(C(=O)COC(=O)COc2ccc(Br)cc2)C1. The first-order chi connectivity index (χ1) is 10.9. The molecule has 1 amide bonds. The quantitative estimate of drug-likeness (QED) is 0.733. The second-order valence-corrected chi connectivity index (χ2v) is 7.06. The molecular weight excluding hydrogens is 362 g/mol. The third-order valence-corrected chi connectivity index (χ3v) is 4.28. The molecule has 0 aliphatic carbocycles. The van der Waals surface area contributed by atoms with Gasteiger partial charge < -0.3 is 14.4 Å². The Bertz CT molecular complexity index is 536. The van der Waals surface area contributed by atoms with Crippen molar-refractivity contribution in [2.24, 2.45) is 11.8 Å². The number of halogens is 1. The number of ether oxygens (including phenoxy) is 2. The van der Waals surface area contributed by atoms with E-state index < -0.39 is 5.97 Å². The summed E-state index contributed by atoms with van der Waals surface area (Å²) in [5.74, 6) is 0.869. The third kappa shape index (κ3) is 5.86. The van der Waals surface area contributed by atoms with Crippen molar-refractivity contribution in [2.45, 2.75) is 20.3 Å². The molecule has 6 heteroatoms. The first-order valence-corrected chi connectivity index (χ1v) is 8.55. The van der Waals surface area contributed by atoms with E-state index in [0.29, 0.717) is 17.6 Å². The number of rotatable bonds is 5. The predicted octanol–water partition coefficient (Wildman–Crippen LogP) is 2.88. The van der Waals surface area contributed by atoms with Crippen LogP contribution >= 0.6 is 15.9 Å². The number of piperidine rings is 1. The van der Waals surface area contributed by atoms with Crippen LogP contribution in [0.2, 0.25) is 0 Å². The fraction of sp³-hybridized carbons (Fsp3) is 0.529. The zero-order valence-electron chi connectivity index (χ0n) is 13.5. The Kier molecular flexibility index (Phi) is 6.45. The lowest BCUT2D eigenvalue weighted by Crippen LogP contribution is -2.44. The average Bonchev–Trinajstić information content (AvgIpc) is 2.51. The molecule has 0 saturated carbocycles. The highest BCUT2D eigenvalue weighted by atomic mass is 79.9. The summed E-state index contributed by atoms with van der Waals surface area (Å²) in [4.78, 5) is 25.6. The van der Waals surface area contributed by atoms with Gasteiger partial charge in [0.25, 0.3) is 5.91 Å². The molecule has 0 N–H and O–H groups in total. The maximum absolute atomic E-state index is 12.1. The molecule has 23 heavy (non-hydrogen) atoms. The summed E-state index contributed by atoms with van der Waals surface area (Å²) in [5, 5.41) is 0. The highest BCUT2D eigenvalue weighted by molar-refractivity contribution is 9.10. The smallest absolute Gasteiger partial charge is 0.344 e. The Morgan fingerprint density at radius 3 is 2.35 bits per heavy atom. The number of amides is 1. The van der Waals surface area contributed by atoms with Crippen molar-refractivity contribution in [2.75, 3.05) is 26.3 Å². The van der Waals surface area contributed by atoms with E-state index in [1.54, 1.807) is 17.0 Å². The Hall–Kier alpha value is -1.56. The number of hydrogen-bond donors (Lipinski definition) is 0. The predicted molar refractivity (Wildman–Crippen MR) is 90.1 cm³/mol. The lowest BCUT2D eigenvalue weighted by atomic mass is 9.92. The van der Waals surface area contributed by atoms with Crippen molar-refractivity contribution in [1.29, 1.82) is 0 Å². The van der Waals surface area contributed by atoms with Gasteiger partial charge in [-0.2, -0.15) is 0 Å². The lowest BCUT2D eigenvalue weighted by molar-refractivity contribution is -0.154. The molecule has 0 radical (unpaired) electrons. The molecule has 0 aromatic heterocycles. The minimum absolute atomic E-state index is 0.139. The van der Waals surface area contributed by atoms with Gasteiger partial charge in [-0.05, 0) is 42.5 Å². The van der Waals surface area contributed by atoms with Crippen molar-refractivity contribution in [1.82, 2.24) is 4.90 Å². The van der Waals surface area contributed by atoms with Crippen LogP contribution in [0, 0.1) is 11.8 Å². The van der Waals surface area contributed by atoms with Crippen LogP contribution in [-0.4, -0.2) is 43.1 Å². The first-order valence-electron chi connectivity index (χ1n) is 7.76. The van der Waals surface area contributed by atoms with Gasteiger partial charge in [-0.25, -0.2) is 4.79 Å². The summed E-state index contributed by atoms with van der Waals surface area (Å²) < 4.78 is 11.3. The maximum atomic E-state index is 12.1. The van der Waals surface area contributed by atoms with Crippen LogP contribution in [0.3, 0.4) is 0 Å². The third-order valence-electron chi connectivity index (χ3n) is 3.75. The second kappa shape index (κ2) is 8.34. The average molecular weight is 384 g/mol. The normalized spacial score (nSPS) is 20.9. The second-order valence-electron chi connectivity index (χ2n) is 6.15. The zero-order chi connectivity index (χ0) is 16.8. The zero-order valence-corrected chi connectivity index (χ0v) is 15.0. The van der Waals surface area contributed by atoms with Crippen molar-refractivity contribution in [3.8, 4) is 5.75 Å². The van der Waals surface area contributed by atoms with Crippen LogP contribution in [-0.2, 0) is 14.3 Å². The van der Waals surface area contributed by atoms with Crippen molar-refractivity contribution >= 4 is 27.8 Å². The maximum Gasteiger partial charge on any atom is 0.344 e. The van der Waals surface area contributed by atoms with E-state index in [-0.39, 0.29) is 19.1 Å². The van der Waals surface area contributed by atoms with Gasteiger partial charge in [0.1, 0.15) is 5.75 Å². The van der Waals surface area contributed by atoms with Crippen molar-refractivity contribution in [3.63, 3.8) is 0 Å². The van der Waals surface area contributed by atoms with Crippen LogP contribution in [0.4, 0.5) is 0 Å². The number of esters is 1. The van der Waals surface area contributed by atoms with E-state index >= 15 is 0 Å². The molecule has 1 saturated heterocycles. The summed E-state index contributed by atoms with van der Waals surface area (Å²) in [7, 11) is 0. The summed E-state index contributed by atoms with van der Waals surface area (Å²) in [6, 6.07) is 7.14. The number of carbonyl (C=O) groups is 2. The van der Waals surface area contributed by atoms with Crippen LogP contribution in [0.25, 0.3) is 0 Å². The van der Waals surface area contributed by atoms with Crippen molar-refractivity contribution in [3.05, 3.63) is 28.7 Å². The van der Waals surface area contributed by atoms with Crippen LogP contribution in [0.15, 0.2) is 28.7 Å². The van der Waals surface area contributed by atoms with E-state index in [1.807, 2.05) is 12.1 Å². The number of likely N-dealkylation sites (tertiary alicyclic amines) is 1. The molecular formula is C17H22BrNO4. The molecule has 126 valence electrons. The highest BCUT2D eigenvalue weighted by Crippen LogP contribution is 2.21. The molecule has 2 atom stereocenters. The standard InChI is InChI=1S/C17H22BrNO4/c1-12-7-13(2)9-19(8-12)16(20)10-23-17(21)11-22-15-5-3-14(18)4-6-15/h3-6,12-13H,7-11H2,1-2H3/t12-,13-/m1/s1. The molecule has 1 fully saturated rings. The van der Waals surface area contributed by atoms with Crippen molar-refractivity contribution < 1.29 is 19.1 Å². The molecule has 1 aromatic rings. The van der Waals surface area contributed by atoms with Gasteiger partial charge in [0, 0.05) is 17.6 Å². The molecule has 2 rings (SSSR count). The molecule has 0 bridgehead atoms. The van der Waals surface area contributed by atoms with Gasteiger partial charge in [-0.3, -0.25) is 4.79 Å². The Labute approximate surface area is 145 Å². The topological polar surface area (TPSA) is 55.8 Å². The molecule has 1 aliphatic rings.